The Hall–Kier alpha value is -4.60. The molecular formula is C27H27N3O7. The summed E-state index contributed by atoms with van der Waals surface area (Å²) in [5, 5.41) is 29.7. The Balaban J connectivity index is 1.57. The van der Waals surface area contributed by atoms with Crippen molar-refractivity contribution in [3.63, 3.8) is 0 Å². The Morgan fingerprint density at radius 3 is 2.30 bits per heavy atom. The van der Waals surface area contributed by atoms with Gasteiger partial charge in [0, 0.05) is 36.1 Å². The molecule has 0 saturated heterocycles. The fourth-order valence-corrected chi connectivity index (χ4v) is 4.57. The second-order valence-electron chi connectivity index (χ2n) is 9.06. The molecule has 0 fully saturated rings. The van der Waals surface area contributed by atoms with E-state index in [9.17, 15) is 29.4 Å². The lowest BCUT2D eigenvalue weighted by molar-refractivity contribution is -0.123. The summed E-state index contributed by atoms with van der Waals surface area (Å²) in [6.45, 7) is 6.15. The first-order valence-corrected chi connectivity index (χ1v) is 11.6. The highest BCUT2D eigenvalue weighted by Gasteiger charge is 2.56. The van der Waals surface area contributed by atoms with Crippen LogP contribution in [0.25, 0.3) is 0 Å². The number of phenolic OH excluding ortho intramolecular Hbond substituents is 2. The molecule has 0 saturated carbocycles. The SMILES string of the molecule is CC(=O)c1c(O)c(C)c(O)c2c1OC1=CC(=O)/C(=C(/C)NCCNC(=O)Nc3ccccc3)C(=O)[C@@]12C. The van der Waals surface area contributed by atoms with Crippen LogP contribution in [-0.4, -0.2) is 46.7 Å². The summed E-state index contributed by atoms with van der Waals surface area (Å²) in [7, 11) is 0. The zero-order valence-electron chi connectivity index (χ0n) is 20.8. The zero-order chi connectivity index (χ0) is 27.1. The van der Waals surface area contributed by atoms with Crippen molar-refractivity contribution in [1.82, 2.24) is 10.6 Å². The maximum absolute atomic E-state index is 13.7. The van der Waals surface area contributed by atoms with Gasteiger partial charge in [0.05, 0.1) is 11.1 Å². The van der Waals surface area contributed by atoms with Crippen LogP contribution in [-0.2, 0) is 15.0 Å². The molecule has 0 radical (unpaired) electrons. The van der Waals surface area contributed by atoms with Crippen LogP contribution in [0.1, 0.15) is 42.3 Å². The van der Waals surface area contributed by atoms with Gasteiger partial charge in [0.1, 0.15) is 34.0 Å². The van der Waals surface area contributed by atoms with Crippen molar-refractivity contribution >= 4 is 29.1 Å². The quantitative estimate of drug-likeness (QED) is 0.174. The van der Waals surface area contributed by atoms with Crippen LogP contribution in [0.5, 0.6) is 17.2 Å². The Morgan fingerprint density at radius 1 is 1.00 bits per heavy atom. The number of phenols is 2. The minimum atomic E-state index is -1.58. The highest BCUT2D eigenvalue weighted by atomic mass is 16.5. The third kappa shape index (κ3) is 4.20. The van der Waals surface area contributed by atoms with Gasteiger partial charge < -0.3 is 30.9 Å². The van der Waals surface area contributed by atoms with Gasteiger partial charge in [-0.3, -0.25) is 14.4 Å². The first-order valence-electron chi connectivity index (χ1n) is 11.6. The lowest BCUT2D eigenvalue weighted by atomic mass is 9.70. The molecule has 1 heterocycles. The summed E-state index contributed by atoms with van der Waals surface area (Å²) < 4.78 is 5.75. The van der Waals surface area contributed by atoms with Gasteiger partial charge in [-0.2, -0.15) is 0 Å². The molecule has 10 heteroatoms. The van der Waals surface area contributed by atoms with E-state index in [1.807, 2.05) is 6.07 Å². The molecule has 192 valence electrons. The first kappa shape index (κ1) is 25.5. The molecule has 2 amide bonds. The molecule has 1 aliphatic carbocycles. The molecule has 2 aromatic rings. The Labute approximate surface area is 213 Å². The number of amides is 2. The van der Waals surface area contributed by atoms with Crippen molar-refractivity contribution in [3.05, 3.63) is 70.1 Å². The van der Waals surface area contributed by atoms with Crippen molar-refractivity contribution in [2.75, 3.05) is 18.4 Å². The number of ether oxygens (including phenoxy) is 1. The summed E-state index contributed by atoms with van der Waals surface area (Å²) in [5.41, 5.74) is -0.900. The lowest BCUT2D eigenvalue weighted by Gasteiger charge is -2.29. The van der Waals surface area contributed by atoms with E-state index in [4.69, 9.17) is 4.74 Å². The minimum Gasteiger partial charge on any atom is -0.507 e. The molecule has 1 atom stereocenters. The number of benzene rings is 2. The maximum Gasteiger partial charge on any atom is 0.319 e. The Morgan fingerprint density at radius 2 is 1.65 bits per heavy atom. The number of anilines is 1. The first-order chi connectivity index (χ1) is 17.5. The number of nitrogens with one attached hydrogen (secondary N) is 3. The van der Waals surface area contributed by atoms with Gasteiger partial charge in [0.2, 0.25) is 0 Å². The number of fused-ring (bicyclic) bond motifs is 3. The van der Waals surface area contributed by atoms with Crippen molar-refractivity contribution < 1.29 is 34.1 Å². The number of para-hydroxylation sites is 1. The van der Waals surface area contributed by atoms with Gasteiger partial charge in [-0.25, -0.2) is 4.79 Å². The molecular weight excluding hydrogens is 478 g/mol. The normalized spacial score (nSPS) is 19.3. The molecule has 4 rings (SSSR count). The van der Waals surface area contributed by atoms with E-state index in [1.165, 1.54) is 20.8 Å². The third-order valence-electron chi connectivity index (χ3n) is 6.59. The second-order valence-corrected chi connectivity index (χ2v) is 9.06. The number of rotatable bonds is 6. The van der Waals surface area contributed by atoms with E-state index in [-0.39, 0.29) is 58.3 Å². The maximum atomic E-state index is 13.7. The summed E-state index contributed by atoms with van der Waals surface area (Å²) in [5.74, 6) is -2.73. The van der Waals surface area contributed by atoms with Gasteiger partial charge in [-0.05, 0) is 39.8 Å². The molecule has 5 N–H and O–H groups in total. The molecule has 0 unspecified atom stereocenters. The van der Waals surface area contributed by atoms with Crippen LogP contribution in [0.2, 0.25) is 0 Å². The Kier molecular flexibility index (Phi) is 6.51. The molecule has 10 nitrogen and oxygen atoms in total. The summed E-state index contributed by atoms with van der Waals surface area (Å²) in [4.78, 5) is 51.0. The fraction of sp³-hybridized carbons (Fsp3) is 0.259. The number of carbonyl (C=O) groups is 4. The Bertz CT molecular complexity index is 1410. The van der Waals surface area contributed by atoms with E-state index in [2.05, 4.69) is 16.0 Å². The number of aromatic hydroxyl groups is 2. The topological polar surface area (TPSA) is 154 Å². The van der Waals surface area contributed by atoms with Gasteiger partial charge in [-0.15, -0.1) is 0 Å². The predicted molar refractivity (Wildman–Crippen MR) is 135 cm³/mol. The number of allylic oxidation sites excluding steroid dienone is 4. The van der Waals surface area contributed by atoms with E-state index < -0.39 is 34.5 Å². The van der Waals surface area contributed by atoms with E-state index in [0.29, 0.717) is 5.69 Å². The van der Waals surface area contributed by atoms with Gasteiger partial charge in [0.25, 0.3) is 0 Å². The molecule has 2 aliphatic rings. The predicted octanol–water partition coefficient (Wildman–Crippen LogP) is 2.98. The van der Waals surface area contributed by atoms with Crippen molar-refractivity contribution in [1.29, 1.82) is 0 Å². The van der Waals surface area contributed by atoms with Crippen LogP contribution in [0.4, 0.5) is 10.5 Å². The van der Waals surface area contributed by atoms with Crippen molar-refractivity contribution in [2.45, 2.75) is 33.1 Å². The number of carbonyl (C=O) groups excluding carboxylic acids is 4. The van der Waals surface area contributed by atoms with E-state index >= 15 is 0 Å². The number of hydrogen-bond acceptors (Lipinski definition) is 8. The zero-order valence-corrected chi connectivity index (χ0v) is 20.8. The van der Waals surface area contributed by atoms with Crippen LogP contribution >= 0.6 is 0 Å². The standard InChI is InChI=1S/C27H27N3O7/c1-13-22(33)20(15(3)31)24-21(23(13)34)27(4)18(37-24)12-17(32)19(25(27)35)14(2)28-10-11-29-26(36)30-16-8-6-5-7-9-16/h5-9,12,28,33-34H,10-11H2,1-4H3,(H2,29,30,36)/b19-14+/t27-/m0/s1. The third-order valence-corrected chi connectivity index (χ3v) is 6.59. The lowest BCUT2D eigenvalue weighted by Crippen LogP contribution is -2.41. The van der Waals surface area contributed by atoms with Crippen LogP contribution < -0.4 is 20.7 Å². The molecule has 37 heavy (non-hydrogen) atoms. The van der Waals surface area contributed by atoms with Crippen LogP contribution in [0.15, 0.2) is 53.4 Å². The highest BCUT2D eigenvalue weighted by Crippen LogP contribution is 2.57. The molecule has 0 bridgehead atoms. The van der Waals surface area contributed by atoms with Crippen molar-refractivity contribution in [2.24, 2.45) is 0 Å². The summed E-state index contributed by atoms with van der Waals surface area (Å²) in [6.07, 6.45) is 1.16. The number of urea groups is 1. The second kappa shape index (κ2) is 9.45. The molecule has 0 spiro atoms. The highest BCUT2D eigenvalue weighted by molar-refractivity contribution is 6.31. The van der Waals surface area contributed by atoms with E-state index in [1.54, 1.807) is 31.2 Å². The average Bonchev–Trinajstić information content (AvgIpc) is 3.14. The smallest absolute Gasteiger partial charge is 0.319 e. The summed E-state index contributed by atoms with van der Waals surface area (Å²) in [6, 6.07) is 8.52. The van der Waals surface area contributed by atoms with Gasteiger partial charge in [-0.1, -0.05) is 18.2 Å². The molecule has 0 aromatic heterocycles. The number of hydrogen-bond donors (Lipinski definition) is 5. The minimum absolute atomic E-state index is 0.0277. The fourth-order valence-electron chi connectivity index (χ4n) is 4.57. The average molecular weight is 506 g/mol. The molecule has 2 aromatic carbocycles. The summed E-state index contributed by atoms with van der Waals surface area (Å²) >= 11 is 0. The van der Waals surface area contributed by atoms with Crippen molar-refractivity contribution in [3.8, 4) is 17.2 Å². The largest absolute Gasteiger partial charge is 0.507 e. The number of ketones is 3. The number of Topliss-reactive ketones (excluding diaryl/α,β-unsaturated/α-hetero) is 2. The van der Waals surface area contributed by atoms with Crippen LogP contribution in [0.3, 0.4) is 0 Å². The van der Waals surface area contributed by atoms with E-state index in [0.717, 1.165) is 6.08 Å². The monoisotopic (exact) mass is 505 g/mol. The van der Waals surface area contributed by atoms with Crippen LogP contribution in [0, 0.1) is 6.92 Å². The van der Waals surface area contributed by atoms with Gasteiger partial charge >= 0.3 is 6.03 Å². The molecule has 1 aliphatic heterocycles. The van der Waals surface area contributed by atoms with Gasteiger partial charge in [0.15, 0.2) is 17.3 Å².